The number of hydrogen-bond acceptors (Lipinski definition) is 4. The summed E-state index contributed by atoms with van der Waals surface area (Å²) in [5.41, 5.74) is 2.63. The van der Waals surface area contributed by atoms with Crippen molar-refractivity contribution in [1.82, 2.24) is 5.32 Å². The third-order valence-electron chi connectivity index (χ3n) is 3.67. The summed E-state index contributed by atoms with van der Waals surface area (Å²) in [7, 11) is -3.59. The number of carbonyl (C=O) groups excluding carboxylic acids is 1. The number of aryl methyl sites for hydroxylation is 2. The van der Waals surface area contributed by atoms with Crippen LogP contribution >= 0.6 is 15.9 Å². The van der Waals surface area contributed by atoms with Gasteiger partial charge >= 0.3 is 0 Å². The van der Waals surface area contributed by atoms with E-state index in [1.54, 1.807) is 24.3 Å². The van der Waals surface area contributed by atoms with Crippen molar-refractivity contribution in [2.24, 2.45) is 0 Å². The van der Waals surface area contributed by atoms with Crippen molar-refractivity contribution >= 4 is 37.5 Å². The molecule has 1 N–H and O–H groups in total. The molecule has 6 nitrogen and oxygen atoms in total. The van der Waals surface area contributed by atoms with Gasteiger partial charge in [0.2, 0.25) is 15.9 Å². The van der Waals surface area contributed by atoms with E-state index < -0.39 is 15.9 Å². The van der Waals surface area contributed by atoms with Crippen LogP contribution in [-0.4, -0.2) is 40.3 Å². The first kappa shape index (κ1) is 21.2. The second-order valence-corrected chi connectivity index (χ2v) is 9.09. The van der Waals surface area contributed by atoms with Crippen molar-refractivity contribution in [3.05, 3.63) is 58.1 Å². The van der Waals surface area contributed by atoms with Gasteiger partial charge in [-0.25, -0.2) is 8.42 Å². The summed E-state index contributed by atoms with van der Waals surface area (Å²) in [6.07, 6.45) is 1.07. The van der Waals surface area contributed by atoms with E-state index in [1.165, 1.54) is 0 Å². The summed E-state index contributed by atoms with van der Waals surface area (Å²) in [5.74, 6) is 0.345. The maximum Gasteiger partial charge on any atom is 0.240 e. The molecule has 0 atom stereocenters. The predicted octanol–water partition coefficient (Wildman–Crippen LogP) is 3.03. The zero-order valence-electron chi connectivity index (χ0n) is 15.5. The summed E-state index contributed by atoms with van der Waals surface area (Å²) >= 11 is 3.31. The summed E-state index contributed by atoms with van der Waals surface area (Å²) < 4.78 is 31.6. The minimum absolute atomic E-state index is 0.280. The minimum atomic E-state index is -3.59. The van der Waals surface area contributed by atoms with Gasteiger partial charge in [-0.15, -0.1) is 0 Å². The van der Waals surface area contributed by atoms with Gasteiger partial charge in [0, 0.05) is 4.47 Å². The number of rotatable bonds is 8. The van der Waals surface area contributed by atoms with E-state index in [1.807, 2.05) is 26.0 Å². The highest BCUT2D eigenvalue weighted by Gasteiger charge is 2.20. The first-order valence-corrected chi connectivity index (χ1v) is 11.0. The predicted molar refractivity (Wildman–Crippen MR) is 111 cm³/mol. The van der Waals surface area contributed by atoms with E-state index in [0.717, 1.165) is 31.9 Å². The number of nitrogens with zero attached hydrogens (tertiary/aromatic N) is 1. The molecule has 0 aliphatic rings. The Hall–Kier alpha value is -2.06. The summed E-state index contributed by atoms with van der Waals surface area (Å²) in [6, 6.07) is 12.7. The van der Waals surface area contributed by atoms with Crippen LogP contribution < -0.4 is 14.4 Å². The first-order valence-electron chi connectivity index (χ1n) is 8.36. The SMILES string of the molecule is Cc1cc(C)cc(OCCNC(=O)CN(c2cccc(Br)c2)S(C)(=O)=O)c1. The van der Waals surface area contributed by atoms with Crippen LogP contribution in [0.25, 0.3) is 0 Å². The number of hydrogen-bond donors (Lipinski definition) is 1. The van der Waals surface area contributed by atoms with Crippen LogP contribution in [-0.2, 0) is 14.8 Å². The number of carbonyl (C=O) groups is 1. The van der Waals surface area contributed by atoms with Gasteiger partial charge in [0.25, 0.3) is 0 Å². The second-order valence-electron chi connectivity index (χ2n) is 6.27. The Morgan fingerprint density at radius 2 is 1.81 bits per heavy atom. The molecular formula is C19H23BrN2O4S. The fourth-order valence-corrected chi connectivity index (χ4v) is 3.83. The van der Waals surface area contributed by atoms with Crippen molar-refractivity contribution in [1.29, 1.82) is 0 Å². The largest absolute Gasteiger partial charge is 0.492 e. The molecule has 0 aliphatic heterocycles. The van der Waals surface area contributed by atoms with Crippen LogP contribution in [0.3, 0.4) is 0 Å². The van der Waals surface area contributed by atoms with Gasteiger partial charge in [0.1, 0.15) is 18.9 Å². The average molecular weight is 455 g/mol. The average Bonchev–Trinajstić information content (AvgIpc) is 2.54. The van der Waals surface area contributed by atoms with Crippen LogP contribution in [0.4, 0.5) is 5.69 Å². The van der Waals surface area contributed by atoms with Crippen molar-refractivity contribution in [3.8, 4) is 5.75 Å². The zero-order chi connectivity index (χ0) is 20.0. The minimum Gasteiger partial charge on any atom is -0.492 e. The van der Waals surface area contributed by atoms with Crippen molar-refractivity contribution in [3.63, 3.8) is 0 Å². The van der Waals surface area contributed by atoms with E-state index in [2.05, 4.69) is 27.3 Å². The van der Waals surface area contributed by atoms with E-state index in [9.17, 15) is 13.2 Å². The number of sulfonamides is 1. The van der Waals surface area contributed by atoms with Gasteiger partial charge in [-0.1, -0.05) is 28.1 Å². The summed E-state index contributed by atoms with van der Waals surface area (Å²) in [6.45, 7) is 4.26. The second kappa shape index (κ2) is 9.23. The number of halogens is 1. The van der Waals surface area contributed by atoms with E-state index in [4.69, 9.17) is 4.74 Å². The Morgan fingerprint density at radius 3 is 2.41 bits per heavy atom. The molecule has 0 unspecified atom stereocenters. The van der Waals surface area contributed by atoms with E-state index in [-0.39, 0.29) is 13.1 Å². The molecule has 0 aliphatic carbocycles. The van der Waals surface area contributed by atoms with Gasteiger partial charge in [-0.05, 0) is 55.3 Å². The lowest BCUT2D eigenvalue weighted by Crippen LogP contribution is -2.41. The van der Waals surface area contributed by atoms with Crippen molar-refractivity contribution < 1.29 is 17.9 Å². The molecule has 0 bridgehead atoms. The lowest BCUT2D eigenvalue weighted by molar-refractivity contribution is -0.119. The highest BCUT2D eigenvalue weighted by molar-refractivity contribution is 9.10. The molecule has 0 fully saturated rings. The van der Waals surface area contributed by atoms with Gasteiger partial charge in [0.05, 0.1) is 18.5 Å². The molecule has 0 radical (unpaired) electrons. The highest BCUT2D eigenvalue weighted by Crippen LogP contribution is 2.21. The summed E-state index contributed by atoms with van der Waals surface area (Å²) in [5, 5.41) is 2.69. The van der Waals surface area contributed by atoms with Crippen molar-refractivity contribution in [2.45, 2.75) is 13.8 Å². The Bertz CT molecular complexity index is 895. The van der Waals surface area contributed by atoms with E-state index in [0.29, 0.717) is 12.3 Å². The van der Waals surface area contributed by atoms with Crippen LogP contribution in [0.5, 0.6) is 5.75 Å². The lowest BCUT2D eigenvalue weighted by Gasteiger charge is -2.22. The fourth-order valence-electron chi connectivity index (χ4n) is 2.59. The molecule has 2 rings (SSSR count). The van der Waals surface area contributed by atoms with Crippen LogP contribution in [0.1, 0.15) is 11.1 Å². The fraction of sp³-hybridized carbons (Fsp3) is 0.316. The molecule has 1 amide bonds. The Labute approximate surface area is 168 Å². The molecular weight excluding hydrogens is 432 g/mol. The topological polar surface area (TPSA) is 75.7 Å². The smallest absolute Gasteiger partial charge is 0.240 e. The number of benzene rings is 2. The lowest BCUT2D eigenvalue weighted by atomic mass is 10.1. The number of anilines is 1. The third-order valence-corrected chi connectivity index (χ3v) is 5.31. The van der Waals surface area contributed by atoms with Gasteiger partial charge in [-0.2, -0.15) is 0 Å². The molecule has 8 heteroatoms. The molecule has 2 aromatic rings. The number of ether oxygens (including phenoxy) is 1. The standard InChI is InChI=1S/C19H23BrN2O4S/c1-14-9-15(2)11-18(10-14)26-8-7-21-19(23)13-22(27(3,24)25)17-6-4-5-16(20)12-17/h4-6,9-12H,7-8,13H2,1-3H3,(H,21,23). The molecule has 146 valence electrons. The maximum absolute atomic E-state index is 12.2. The normalized spacial score (nSPS) is 11.1. The monoisotopic (exact) mass is 454 g/mol. The Balaban J connectivity index is 1.90. The Kier molecular flexibility index (Phi) is 7.26. The summed E-state index contributed by atoms with van der Waals surface area (Å²) in [4.78, 5) is 12.2. The molecule has 2 aromatic carbocycles. The number of nitrogens with one attached hydrogen (secondary N) is 1. The third kappa shape index (κ3) is 6.88. The zero-order valence-corrected chi connectivity index (χ0v) is 17.9. The van der Waals surface area contributed by atoms with Gasteiger partial charge in [0.15, 0.2) is 0 Å². The Morgan fingerprint density at radius 1 is 1.15 bits per heavy atom. The first-order chi connectivity index (χ1) is 12.6. The van der Waals surface area contributed by atoms with Gasteiger partial charge in [-0.3, -0.25) is 9.10 Å². The van der Waals surface area contributed by atoms with Crippen molar-refractivity contribution in [2.75, 3.05) is 30.3 Å². The van der Waals surface area contributed by atoms with Crippen LogP contribution in [0, 0.1) is 13.8 Å². The molecule has 0 aromatic heterocycles. The van der Waals surface area contributed by atoms with Gasteiger partial charge < -0.3 is 10.1 Å². The highest BCUT2D eigenvalue weighted by atomic mass is 79.9. The van der Waals surface area contributed by atoms with E-state index >= 15 is 0 Å². The molecule has 0 heterocycles. The quantitative estimate of drug-likeness (QED) is 0.621. The molecule has 27 heavy (non-hydrogen) atoms. The van der Waals surface area contributed by atoms with Crippen LogP contribution in [0.2, 0.25) is 0 Å². The number of amides is 1. The maximum atomic E-state index is 12.2. The molecule has 0 saturated heterocycles. The molecule has 0 spiro atoms. The van der Waals surface area contributed by atoms with Crippen LogP contribution in [0.15, 0.2) is 46.9 Å². The molecule has 0 saturated carbocycles.